The lowest BCUT2D eigenvalue weighted by atomic mass is 10.2. The minimum atomic E-state index is -0.981. The monoisotopic (exact) mass is 395 g/mol. The van der Waals surface area contributed by atoms with Gasteiger partial charge in [0.05, 0.1) is 16.2 Å². The van der Waals surface area contributed by atoms with E-state index in [1.807, 2.05) is 56.3 Å². The summed E-state index contributed by atoms with van der Waals surface area (Å²) in [5, 5.41) is 9.58. The summed E-state index contributed by atoms with van der Waals surface area (Å²) in [6.45, 7) is 2.41. The highest BCUT2D eigenvalue weighted by Gasteiger charge is 2.32. The predicted octanol–water partition coefficient (Wildman–Crippen LogP) is 4.07. The number of anilines is 1. The lowest BCUT2D eigenvalue weighted by Crippen LogP contribution is -2.28. The Hall–Kier alpha value is -3.06. The van der Waals surface area contributed by atoms with E-state index < -0.39 is 5.97 Å². The number of aliphatic imine (C=N–C) groups is 1. The maximum Gasteiger partial charge on any atom is 0.335 e. The number of aromatic carboxylic acids is 1. The number of carbonyl (C=O) groups is 2. The Kier molecular flexibility index (Phi) is 5.84. The molecule has 2 aromatic rings. The van der Waals surface area contributed by atoms with Gasteiger partial charge in [0.1, 0.15) is 0 Å². The third-order valence-electron chi connectivity index (χ3n) is 4.25. The van der Waals surface area contributed by atoms with Gasteiger partial charge >= 0.3 is 5.97 Å². The smallest absolute Gasteiger partial charge is 0.335 e. The molecule has 0 aliphatic carbocycles. The second-order valence-electron chi connectivity index (χ2n) is 6.39. The number of benzene rings is 2. The Bertz CT molecular complexity index is 948. The zero-order valence-corrected chi connectivity index (χ0v) is 16.7. The van der Waals surface area contributed by atoms with E-state index in [2.05, 4.69) is 4.99 Å². The number of rotatable bonds is 5. The van der Waals surface area contributed by atoms with Gasteiger partial charge in [-0.2, -0.15) is 0 Å². The van der Waals surface area contributed by atoms with Crippen LogP contribution in [0.1, 0.15) is 22.8 Å². The minimum Gasteiger partial charge on any atom is -0.478 e. The number of likely N-dealkylation sites (N-methyl/N-ethyl adjacent to an activating group) is 1. The molecule has 1 N–H and O–H groups in total. The van der Waals surface area contributed by atoms with Gasteiger partial charge in [-0.3, -0.25) is 9.69 Å². The molecule has 1 heterocycles. The zero-order chi connectivity index (χ0) is 20.3. The Morgan fingerprint density at radius 3 is 2.32 bits per heavy atom. The van der Waals surface area contributed by atoms with Crippen LogP contribution in [0.5, 0.6) is 0 Å². The van der Waals surface area contributed by atoms with Crippen LogP contribution in [0, 0.1) is 0 Å². The molecule has 1 saturated heterocycles. The summed E-state index contributed by atoms with van der Waals surface area (Å²) in [6.07, 6.45) is 1.87. The van der Waals surface area contributed by atoms with E-state index in [0.717, 1.165) is 11.3 Å². The van der Waals surface area contributed by atoms with Crippen LogP contribution in [-0.4, -0.2) is 47.7 Å². The van der Waals surface area contributed by atoms with E-state index in [1.54, 1.807) is 17.0 Å². The van der Waals surface area contributed by atoms with Gasteiger partial charge in [-0.25, -0.2) is 9.79 Å². The van der Waals surface area contributed by atoms with E-state index >= 15 is 0 Å². The average Bonchev–Trinajstić information content (AvgIpc) is 2.96. The maximum absolute atomic E-state index is 12.7. The molecule has 0 radical (unpaired) electrons. The lowest BCUT2D eigenvalue weighted by Gasteiger charge is -2.12. The molecule has 144 valence electrons. The predicted molar refractivity (Wildman–Crippen MR) is 114 cm³/mol. The number of amidine groups is 1. The molecule has 6 nitrogen and oxygen atoms in total. The molecular formula is C21H21N3O3S. The highest BCUT2D eigenvalue weighted by atomic mass is 32.2. The molecule has 1 aliphatic heterocycles. The number of hydrogen-bond donors (Lipinski definition) is 1. The van der Waals surface area contributed by atoms with Crippen LogP contribution in [0.4, 0.5) is 11.4 Å². The van der Waals surface area contributed by atoms with Gasteiger partial charge in [-0.1, -0.05) is 12.1 Å². The standard InChI is InChI=1S/C21H21N3O3S/c1-4-24-19(25)18(13-14-5-11-17(12-6-14)23(2)3)28-21(24)22-16-9-7-15(8-10-16)20(26)27/h5-13H,4H2,1-3H3,(H,26,27)/b18-13+,22-21?. The Morgan fingerprint density at radius 2 is 1.79 bits per heavy atom. The van der Waals surface area contributed by atoms with Crippen molar-refractivity contribution in [2.24, 2.45) is 4.99 Å². The quantitative estimate of drug-likeness (QED) is 0.773. The zero-order valence-electron chi connectivity index (χ0n) is 15.9. The van der Waals surface area contributed by atoms with Crippen molar-refractivity contribution >= 4 is 46.3 Å². The second-order valence-corrected chi connectivity index (χ2v) is 7.40. The normalized spacial score (nSPS) is 16.8. The van der Waals surface area contributed by atoms with Gasteiger partial charge in [-0.05, 0) is 66.7 Å². The molecule has 1 aliphatic rings. The molecule has 0 atom stereocenters. The van der Waals surface area contributed by atoms with Crippen LogP contribution >= 0.6 is 11.8 Å². The van der Waals surface area contributed by atoms with E-state index in [0.29, 0.717) is 22.3 Å². The van der Waals surface area contributed by atoms with Crippen molar-refractivity contribution in [1.29, 1.82) is 0 Å². The van der Waals surface area contributed by atoms with Crippen molar-refractivity contribution in [1.82, 2.24) is 4.90 Å². The average molecular weight is 395 g/mol. The number of amides is 1. The minimum absolute atomic E-state index is 0.0786. The molecule has 0 unspecified atom stereocenters. The van der Waals surface area contributed by atoms with Crippen molar-refractivity contribution in [2.75, 3.05) is 25.5 Å². The maximum atomic E-state index is 12.7. The fraction of sp³-hybridized carbons (Fsp3) is 0.190. The van der Waals surface area contributed by atoms with Gasteiger partial charge in [0.25, 0.3) is 5.91 Å². The topological polar surface area (TPSA) is 73.2 Å². The fourth-order valence-electron chi connectivity index (χ4n) is 2.68. The van der Waals surface area contributed by atoms with E-state index in [9.17, 15) is 9.59 Å². The van der Waals surface area contributed by atoms with Gasteiger partial charge in [-0.15, -0.1) is 0 Å². The first-order valence-corrected chi connectivity index (χ1v) is 9.61. The van der Waals surface area contributed by atoms with Gasteiger partial charge in [0, 0.05) is 26.3 Å². The molecule has 0 bridgehead atoms. The molecule has 28 heavy (non-hydrogen) atoms. The summed E-state index contributed by atoms with van der Waals surface area (Å²) in [4.78, 5) is 32.5. The molecule has 0 saturated carbocycles. The Labute approximate surface area is 168 Å². The van der Waals surface area contributed by atoms with Gasteiger partial charge < -0.3 is 10.0 Å². The molecule has 0 spiro atoms. The van der Waals surface area contributed by atoms with Crippen molar-refractivity contribution in [3.05, 3.63) is 64.6 Å². The third-order valence-corrected chi connectivity index (χ3v) is 5.26. The first-order valence-electron chi connectivity index (χ1n) is 8.80. The van der Waals surface area contributed by atoms with Crippen LogP contribution in [0.2, 0.25) is 0 Å². The summed E-state index contributed by atoms with van der Waals surface area (Å²) >= 11 is 1.32. The molecule has 3 rings (SSSR count). The van der Waals surface area contributed by atoms with Crippen LogP contribution in [0.15, 0.2) is 58.4 Å². The van der Waals surface area contributed by atoms with E-state index in [1.165, 1.54) is 23.9 Å². The summed E-state index contributed by atoms with van der Waals surface area (Å²) in [6, 6.07) is 14.2. The molecule has 0 aromatic heterocycles. The summed E-state index contributed by atoms with van der Waals surface area (Å²) < 4.78 is 0. The molecule has 2 aromatic carbocycles. The van der Waals surface area contributed by atoms with Crippen LogP contribution in [-0.2, 0) is 4.79 Å². The highest BCUT2D eigenvalue weighted by molar-refractivity contribution is 8.18. The number of nitrogens with zero attached hydrogens (tertiary/aromatic N) is 3. The summed E-state index contributed by atoms with van der Waals surface area (Å²) in [5.41, 5.74) is 2.85. The van der Waals surface area contributed by atoms with Crippen molar-refractivity contribution in [3.8, 4) is 0 Å². The number of carboxylic acids is 1. The van der Waals surface area contributed by atoms with Crippen LogP contribution < -0.4 is 4.90 Å². The number of thioether (sulfide) groups is 1. The third kappa shape index (κ3) is 4.26. The SMILES string of the molecule is CCN1C(=O)/C(=C\c2ccc(N(C)C)cc2)SC1=Nc1ccc(C(=O)O)cc1. The first-order chi connectivity index (χ1) is 13.4. The van der Waals surface area contributed by atoms with Crippen molar-refractivity contribution in [3.63, 3.8) is 0 Å². The van der Waals surface area contributed by atoms with E-state index in [-0.39, 0.29) is 11.5 Å². The molecule has 1 fully saturated rings. The van der Waals surface area contributed by atoms with Crippen molar-refractivity contribution in [2.45, 2.75) is 6.92 Å². The van der Waals surface area contributed by atoms with Crippen molar-refractivity contribution < 1.29 is 14.7 Å². The van der Waals surface area contributed by atoms with E-state index in [4.69, 9.17) is 5.11 Å². The van der Waals surface area contributed by atoms with Gasteiger partial charge in [0.15, 0.2) is 5.17 Å². The van der Waals surface area contributed by atoms with Gasteiger partial charge in [0.2, 0.25) is 0 Å². The van der Waals surface area contributed by atoms with Crippen LogP contribution in [0.3, 0.4) is 0 Å². The Morgan fingerprint density at radius 1 is 1.14 bits per heavy atom. The molecular weight excluding hydrogens is 374 g/mol. The summed E-state index contributed by atoms with van der Waals surface area (Å²) in [7, 11) is 3.96. The largest absolute Gasteiger partial charge is 0.478 e. The highest BCUT2D eigenvalue weighted by Crippen LogP contribution is 2.34. The summed E-state index contributed by atoms with van der Waals surface area (Å²) in [5.74, 6) is -1.06. The second kappa shape index (κ2) is 8.31. The molecule has 7 heteroatoms. The number of hydrogen-bond acceptors (Lipinski definition) is 5. The first kappa shape index (κ1) is 19.7. The Balaban J connectivity index is 1.86. The number of carbonyl (C=O) groups excluding carboxylic acids is 1. The fourth-order valence-corrected chi connectivity index (χ4v) is 3.74. The van der Waals surface area contributed by atoms with Crippen LogP contribution in [0.25, 0.3) is 6.08 Å². The lowest BCUT2D eigenvalue weighted by molar-refractivity contribution is -0.122. The molecule has 1 amide bonds. The number of carboxylic acid groups (broad SMARTS) is 1.